The Labute approximate surface area is 177 Å². The summed E-state index contributed by atoms with van der Waals surface area (Å²) in [4.78, 5) is 17.1. The summed E-state index contributed by atoms with van der Waals surface area (Å²) in [7, 11) is 0. The lowest BCUT2D eigenvalue weighted by Crippen LogP contribution is -2.24. The van der Waals surface area contributed by atoms with Crippen LogP contribution < -0.4 is 5.32 Å². The van der Waals surface area contributed by atoms with Crippen molar-refractivity contribution in [3.63, 3.8) is 0 Å². The Kier molecular flexibility index (Phi) is 5.20. The zero-order valence-corrected chi connectivity index (χ0v) is 18.1. The van der Waals surface area contributed by atoms with E-state index in [2.05, 4.69) is 31.3 Å². The van der Waals surface area contributed by atoms with Crippen LogP contribution in [0.25, 0.3) is 22.0 Å². The number of benzene rings is 2. The number of amides is 1. The predicted molar refractivity (Wildman–Crippen MR) is 120 cm³/mol. The number of anilines is 1. The van der Waals surface area contributed by atoms with Gasteiger partial charge in [-0.05, 0) is 74.4 Å². The maximum absolute atomic E-state index is 12.8. The predicted octanol–water partition coefficient (Wildman–Crippen LogP) is 5.68. The summed E-state index contributed by atoms with van der Waals surface area (Å²) in [5.74, 6) is -0.107. The molecule has 2 aromatic carbocycles. The first kappa shape index (κ1) is 19.3. The maximum atomic E-state index is 12.8. The highest BCUT2D eigenvalue weighted by Crippen LogP contribution is 2.26. The van der Waals surface area contributed by atoms with Gasteiger partial charge in [-0.25, -0.2) is 0 Å². The fraction of sp³-hybridized carbons (Fsp3) is 0.174. The van der Waals surface area contributed by atoms with E-state index >= 15 is 0 Å². The number of nitrogens with one attached hydrogen (secondary N) is 1. The number of halogens is 1. The van der Waals surface area contributed by atoms with Crippen LogP contribution in [0.5, 0.6) is 0 Å². The molecule has 1 unspecified atom stereocenters. The van der Waals surface area contributed by atoms with E-state index in [9.17, 15) is 4.79 Å². The number of hydrogen-bond donors (Lipinski definition) is 1. The number of carbonyl (C=O) groups excluding carboxylic acids is 1. The van der Waals surface area contributed by atoms with Crippen LogP contribution in [0.4, 0.5) is 5.69 Å². The molecule has 6 heteroatoms. The summed E-state index contributed by atoms with van der Waals surface area (Å²) in [5, 5.41) is 8.62. The highest BCUT2D eigenvalue weighted by atomic mass is 79.9. The number of pyridine rings is 1. The summed E-state index contributed by atoms with van der Waals surface area (Å²) in [6.07, 6.45) is 1.80. The fourth-order valence-electron chi connectivity index (χ4n) is 3.39. The molecule has 0 spiro atoms. The maximum Gasteiger partial charge on any atom is 0.248 e. The molecular formula is C23H21BrN4O. The van der Waals surface area contributed by atoms with Gasteiger partial charge in [-0.3, -0.25) is 14.5 Å². The minimum Gasteiger partial charge on any atom is -0.324 e. The molecule has 0 aliphatic heterocycles. The highest BCUT2D eigenvalue weighted by molar-refractivity contribution is 9.10. The quantitative estimate of drug-likeness (QED) is 0.436. The molecule has 2 heterocycles. The van der Waals surface area contributed by atoms with Crippen molar-refractivity contribution in [2.45, 2.75) is 26.8 Å². The van der Waals surface area contributed by atoms with Crippen molar-refractivity contribution in [1.29, 1.82) is 0 Å². The van der Waals surface area contributed by atoms with E-state index in [-0.39, 0.29) is 5.91 Å². The van der Waals surface area contributed by atoms with E-state index < -0.39 is 6.04 Å². The molecular weight excluding hydrogens is 428 g/mol. The van der Waals surface area contributed by atoms with E-state index in [1.165, 1.54) is 0 Å². The van der Waals surface area contributed by atoms with Gasteiger partial charge >= 0.3 is 0 Å². The third-order valence-electron chi connectivity index (χ3n) is 4.98. The van der Waals surface area contributed by atoms with Crippen LogP contribution in [0.3, 0.4) is 0 Å². The molecule has 0 saturated heterocycles. The molecule has 0 aliphatic rings. The Morgan fingerprint density at radius 3 is 2.52 bits per heavy atom. The third kappa shape index (κ3) is 3.93. The van der Waals surface area contributed by atoms with Gasteiger partial charge in [-0.15, -0.1) is 0 Å². The normalized spacial score (nSPS) is 12.1. The minimum atomic E-state index is -0.435. The average molecular weight is 449 g/mol. The van der Waals surface area contributed by atoms with E-state index in [4.69, 9.17) is 0 Å². The molecule has 29 heavy (non-hydrogen) atoms. The van der Waals surface area contributed by atoms with Gasteiger partial charge in [0.25, 0.3) is 0 Å². The van der Waals surface area contributed by atoms with E-state index in [1.807, 2.05) is 75.4 Å². The van der Waals surface area contributed by atoms with Gasteiger partial charge < -0.3 is 5.32 Å². The van der Waals surface area contributed by atoms with E-state index in [1.54, 1.807) is 10.9 Å². The van der Waals surface area contributed by atoms with Crippen molar-refractivity contribution in [2.24, 2.45) is 0 Å². The van der Waals surface area contributed by atoms with Gasteiger partial charge in [0.1, 0.15) is 6.04 Å². The van der Waals surface area contributed by atoms with Crippen LogP contribution in [0.15, 0.2) is 65.3 Å². The molecule has 2 aromatic heterocycles. The number of rotatable bonds is 4. The van der Waals surface area contributed by atoms with Gasteiger partial charge in [0.15, 0.2) is 0 Å². The third-order valence-corrected chi connectivity index (χ3v) is 5.47. The van der Waals surface area contributed by atoms with Gasteiger partial charge in [-0.2, -0.15) is 5.10 Å². The molecule has 1 N–H and O–H groups in total. The van der Waals surface area contributed by atoms with Crippen LogP contribution in [0, 0.1) is 13.8 Å². The Morgan fingerprint density at radius 1 is 1.03 bits per heavy atom. The van der Waals surface area contributed by atoms with Crippen molar-refractivity contribution < 1.29 is 4.79 Å². The topological polar surface area (TPSA) is 59.8 Å². The first-order valence-electron chi connectivity index (χ1n) is 9.41. The van der Waals surface area contributed by atoms with Crippen LogP contribution in [0.2, 0.25) is 0 Å². The Hall–Kier alpha value is -2.99. The zero-order chi connectivity index (χ0) is 20.5. The van der Waals surface area contributed by atoms with Gasteiger partial charge in [0, 0.05) is 27.4 Å². The Morgan fingerprint density at radius 2 is 1.79 bits per heavy atom. The first-order chi connectivity index (χ1) is 13.9. The van der Waals surface area contributed by atoms with E-state index in [0.717, 1.165) is 43.6 Å². The second-order valence-corrected chi connectivity index (χ2v) is 8.04. The van der Waals surface area contributed by atoms with Crippen molar-refractivity contribution in [3.8, 4) is 11.1 Å². The second kappa shape index (κ2) is 7.79. The minimum absolute atomic E-state index is 0.107. The molecule has 4 rings (SSSR count). The van der Waals surface area contributed by atoms with Gasteiger partial charge in [0.2, 0.25) is 5.91 Å². The van der Waals surface area contributed by atoms with E-state index in [0.29, 0.717) is 0 Å². The van der Waals surface area contributed by atoms with Crippen molar-refractivity contribution in [1.82, 2.24) is 14.8 Å². The molecule has 0 fully saturated rings. The average Bonchev–Trinajstić information content (AvgIpc) is 3.04. The monoisotopic (exact) mass is 448 g/mol. The Balaban J connectivity index is 1.53. The molecule has 146 valence electrons. The largest absolute Gasteiger partial charge is 0.324 e. The highest BCUT2D eigenvalue weighted by Gasteiger charge is 2.19. The number of fused-ring (bicyclic) bond motifs is 1. The SMILES string of the molecule is Cc1cc(-c2ccc(NC(=O)C(C)n3nc(C)c4cc(Br)ccc43)cc2)ccn1. The lowest BCUT2D eigenvalue weighted by Gasteiger charge is -2.14. The summed E-state index contributed by atoms with van der Waals surface area (Å²) >= 11 is 3.49. The van der Waals surface area contributed by atoms with Crippen LogP contribution in [-0.2, 0) is 4.79 Å². The lowest BCUT2D eigenvalue weighted by atomic mass is 10.1. The van der Waals surface area contributed by atoms with Crippen LogP contribution in [0.1, 0.15) is 24.4 Å². The molecule has 1 amide bonds. The lowest BCUT2D eigenvalue weighted by molar-refractivity contribution is -0.119. The summed E-state index contributed by atoms with van der Waals surface area (Å²) < 4.78 is 2.77. The molecule has 0 radical (unpaired) electrons. The molecule has 0 aliphatic carbocycles. The van der Waals surface area contributed by atoms with Crippen LogP contribution in [-0.4, -0.2) is 20.7 Å². The molecule has 0 bridgehead atoms. The van der Waals surface area contributed by atoms with Gasteiger partial charge in [-0.1, -0.05) is 28.1 Å². The molecule has 4 aromatic rings. The number of nitrogens with zero attached hydrogens (tertiary/aromatic N) is 3. The smallest absolute Gasteiger partial charge is 0.248 e. The number of carbonyl (C=O) groups is 1. The van der Waals surface area contributed by atoms with Crippen molar-refractivity contribution in [3.05, 3.63) is 76.7 Å². The number of aryl methyl sites for hydroxylation is 2. The van der Waals surface area contributed by atoms with Crippen LogP contribution >= 0.6 is 15.9 Å². The van der Waals surface area contributed by atoms with Crippen molar-refractivity contribution in [2.75, 3.05) is 5.32 Å². The number of hydrogen-bond acceptors (Lipinski definition) is 3. The molecule has 0 saturated carbocycles. The molecule has 1 atom stereocenters. The van der Waals surface area contributed by atoms with Crippen molar-refractivity contribution >= 4 is 38.4 Å². The van der Waals surface area contributed by atoms with Gasteiger partial charge in [0.05, 0.1) is 11.2 Å². The summed E-state index contributed by atoms with van der Waals surface area (Å²) in [5.41, 5.74) is 5.76. The molecule has 5 nitrogen and oxygen atoms in total. The number of aromatic nitrogens is 3. The Bertz CT molecular complexity index is 1200. The standard InChI is InChI=1S/C23H21BrN4O/c1-14-12-18(10-11-25-14)17-4-7-20(8-5-17)26-23(29)16(3)28-22-9-6-19(24)13-21(22)15(2)27-28/h4-13,16H,1-3H3,(H,26,29). The second-order valence-electron chi connectivity index (χ2n) is 7.12. The summed E-state index contributed by atoms with van der Waals surface area (Å²) in [6, 6.07) is 17.4. The first-order valence-corrected chi connectivity index (χ1v) is 10.2. The fourth-order valence-corrected chi connectivity index (χ4v) is 3.75. The summed E-state index contributed by atoms with van der Waals surface area (Å²) in [6.45, 7) is 5.78. The zero-order valence-electron chi connectivity index (χ0n) is 16.5.